The molecule has 286 valence electrons. The van der Waals surface area contributed by atoms with Crippen LogP contribution in [0.4, 0.5) is 0 Å². The molecule has 1 saturated carbocycles. The first kappa shape index (κ1) is 39.1. The molecule has 2 aromatic rings. The van der Waals surface area contributed by atoms with Gasteiger partial charge in [-0.25, -0.2) is 0 Å². The normalized spacial score (nSPS) is 24.8. The van der Waals surface area contributed by atoms with E-state index >= 15 is 0 Å². The molecule has 0 aromatic heterocycles. The number of fused-ring (bicyclic) bond motifs is 17. The predicted octanol–water partition coefficient (Wildman–Crippen LogP) is 1.40. The minimum absolute atomic E-state index is 0.0687. The summed E-state index contributed by atoms with van der Waals surface area (Å²) in [6.07, 6.45) is 3.21. The fourth-order valence-electron chi connectivity index (χ4n) is 6.60. The number of carbonyl (C=O) groups excluding carboxylic acids is 6. The average Bonchev–Trinajstić information content (AvgIpc) is 3.84. The van der Waals surface area contributed by atoms with Gasteiger partial charge in [0.05, 0.1) is 19.7 Å². The molecule has 0 unspecified atom stereocenters. The minimum Gasteiger partial charge on any atom is -0.497 e. The van der Waals surface area contributed by atoms with Crippen molar-refractivity contribution in [1.82, 2.24) is 31.5 Å². The number of carbonyl (C=O) groups is 6. The lowest BCUT2D eigenvalue weighted by atomic mass is 10.0. The van der Waals surface area contributed by atoms with Gasteiger partial charge < -0.3 is 41.0 Å². The average molecular weight is 733 g/mol. The number of benzene rings is 2. The zero-order chi connectivity index (χ0) is 38.1. The first-order valence-corrected chi connectivity index (χ1v) is 18.5. The molecular formula is C39H52N6O8. The zero-order valence-electron chi connectivity index (χ0n) is 30.9. The third-order valence-corrected chi connectivity index (χ3v) is 9.66. The highest BCUT2D eigenvalue weighted by Gasteiger charge is 2.35. The second-order valence-corrected chi connectivity index (χ2v) is 14.8. The third-order valence-electron chi connectivity index (χ3n) is 9.66. The van der Waals surface area contributed by atoms with Crippen molar-refractivity contribution in [2.75, 3.05) is 26.8 Å². The highest BCUT2D eigenvalue weighted by Crippen LogP contribution is 2.30. The van der Waals surface area contributed by atoms with Gasteiger partial charge >= 0.3 is 0 Å². The summed E-state index contributed by atoms with van der Waals surface area (Å²) < 4.78 is 11.4. The Morgan fingerprint density at radius 3 is 2.25 bits per heavy atom. The molecule has 3 heterocycles. The maximum Gasteiger partial charge on any atom is 0.245 e. The number of amides is 6. The Kier molecular flexibility index (Phi) is 13.3. The van der Waals surface area contributed by atoms with Gasteiger partial charge in [-0.1, -0.05) is 38.1 Å². The van der Waals surface area contributed by atoms with Crippen molar-refractivity contribution in [3.63, 3.8) is 0 Å². The van der Waals surface area contributed by atoms with Gasteiger partial charge in [-0.2, -0.15) is 0 Å². The van der Waals surface area contributed by atoms with Crippen LogP contribution in [0.3, 0.4) is 0 Å². The van der Waals surface area contributed by atoms with E-state index in [1.54, 1.807) is 62.6 Å². The lowest BCUT2D eigenvalue weighted by Crippen LogP contribution is -2.59. The van der Waals surface area contributed by atoms with Crippen molar-refractivity contribution in [3.8, 4) is 11.5 Å². The van der Waals surface area contributed by atoms with Crippen LogP contribution >= 0.6 is 0 Å². The largest absolute Gasteiger partial charge is 0.497 e. The number of methoxy groups -OCH3 is 1. The van der Waals surface area contributed by atoms with Crippen molar-refractivity contribution in [3.05, 3.63) is 59.7 Å². The van der Waals surface area contributed by atoms with Crippen LogP contribution in [-0.4, -0.2) is 97.4 Å². The quantitative estimate of drug-likeness (QED) is 0.240. The number of rotatable bonds is 9. The maximum absolute atomic E-state index is 14.1. The molecule has 6 amide bonds. The molecule has 0 radical (unpaired) electrons. The molecule has 0 spiro atoms. The van der Waals surface area contributed by atoms with E-state index in [0.717, 1.165) is 12.8 Å². The summed E-state index contributed by atoms with van der Waals surface area (Å²) in [7, 11) is 1.54. The highest BCUT2D eigenvalue weighted by molar-refractivity contribution is 5.97. The summed E-state index contributed by atoms with van der Waals surface area (Å²) in [6.45, 7) is 6.09. The Hall–Kier alpha value is -5.14. The van der Waals surface area contributed by atoms with Crippen molar-refractivity contribution < 1.29 is 38.2 Å². The van der Waals surface area contributed by atoms with Crippen LogP contribution in [0.5, 0.6) is 11.5 Å². The number of hydrogen-bond donors (Lipinski definition) is 5. The standard InChI is InChI=1S/C39H52N6O8/c1-23(2)17-28-22-53-30-13-9-26(10-14-30)19-33(43-36(48)31-15-16-34(46)42-31)38(50)44-32(18-25-7-11-29(52-4)12-8-25)37(49)40-24(3)39(51)45(20-27-5-6-27)21-35(47)41-28/h7-14,23-24,27-28,31-33H,5-6,15-22H2,1-4H3,(H,40,49)(H,41,47)(H,42,46)(H,43,48)(H,44,50)/t24-,28+,31-,32+,33+/m1/s1. The van der Waals surface area contributed by atoms with Crippen LogP contribution < -0.4 is 36.1 Å². The molecule has 2 aromatic carbocycles. The summed E-state index contributed by atoms with van der Waals surface area (Å²) in [4.78, 5) is 82.0. The van der Waals surface area contributed by atoms with Gasteiger partial charge in [0, 0.05) is 25.8 Å². The number of hydrogen-bond acceptors (Lipinski definition) is 8. The smallest absolute Gasteiger partial charge is 0.245 e. The van der Waals surface area contributed by atoms with Gasteiger partial charge in [0.15, 0.2) is 0 Å². The van der Waals surface area contributed by atoms with E-state index in [2.05, 4.69) is 40.4 Å². The Balaban J connectivity index is 1.46. The number of nitrogens with zero attached hydrogens (tertiary/aromatic N) is 1. The Morgan fingerprint density at radius 1 is 0.906 bits per heavy atom. The molecule has 6 rings (SSSR count). The molecule has 1 saturated heterocycles. The lowest BCUT2D eigenvalue weighted by molar-refractivity contribution is -0.140. The molecule has 1 aliphatic carbocycles. The summed E-state index contributed by atoms with van der Waals surface area (Å²) in [6, 6.07) is 9.77. The summed E-state index contributed by atoms with van der Waals surface area (Å²) in [5, 5.41) is 14.1. The van der Waals surface area contributed by atoms with Crippen molar-refractivity contribution in [2.24, 2.45) is 11.8 Å². The molecule has 4 aliphatic rings. The van der Waals surface area contributed by atoms with Gasteiger partial charge in [-0.05, 0) is 79.8 Å². The topological polar surface area (TPSA) is 184 Å². The third kappa shape index (κ3) is 11.7. The monoisotopic (exact) mass is 732 g/mol. The molecular weight excluding hydrogens is 680 g/mol. The van der Waals surface area contributed by atoms with Gasteiger partial charge in [0.1, 0.15) is 42.3 Å². The second-order valence-electron chi connectivity index (χ2n) is 14.8. The molecule has 5 N–H and O–H groups in total. The van der Waals surface area contributed by atoms with E-state index in [-0.39, 0.29) is 62.1 Å². The number of nitrogens with one attached hydrogen (secondary N) is 5. The molecule has 3 aliphatic heterocycles. The molecule has 5 atom stereocenters. The first-order chi connectivity index (χ1) is 25.4. The predicted molar refractivity (Wildman–Crippen MR) is 196 cm³/mol. The second kappa shape index (κ2) is 18.1. The fraction of sp³-hybridized carbons (Fsp3) is 0.538. The Bertz CT molecular complexity index is 1630. The van der Waals surface area contributed by atoms with E-state index in [1.807, 2.05) is 0 Å². The zero-order valence-corrected chi connectivity index (χ0v) is 30.9. The van der Waals surface area contributed by atoms with Gasteiger partial charge in [0.2, 0.25) is 35.4 Å². The molecule has 14 heteroatoms. The summed E-state index contributed by atoms with van der Waals surface area (Å²) >= 11 is 0. The SMILES string of the molecule is COc1ccc(C[C@@H]2NC(=O)[C@@H](NC(=O)[C@H]3CCC(=O)N3)Cc3ccc(cc3)OC[C@H](CC(C)C)NC(=O)CN(CC3CC3)C(=O)[C@@H](C)NC2=O)cc1. The van der Waals surface area contributed by atoms with Crippen LogP contribution in [0.25, 0.3) is 0 Å². The first-order valence-electron chi connectivity index (χ1n) is 18.5. The molecule has 53 heavy (non-hydrogen) atoms. The highest BCUT2D eigenvalue weighted by atomic mass is 16.5. The van der Waals surface area contributed by atoms with Crippen LogP contribution in [0.2, 0.25) is 0 Å². The van der Waals surface area contributed by atoms with Crippen molar-refractivity contribution >= 4 is 35.4 Å². The van der Waals surface area contributed by atoms with E-state index < -0.39 is 47.8 Å². The minimum atomic E-state index is -1.14. The van der Waals surface area contributed by atoms with Crippen LogP contribution in [0, 0.1) is 11.8 Å². The van der Waals surface area contributed by atoms with Crippen molar-refractivity contribution in [1.29, 1.82) is 0 Å². The van der Waals surface area contributed by atoms with E-state index in [9.17, 15) is 28.8 Å². The molecule has 2 fully saturated rings. The van der Waals surface area contributed by atoms with Crippen molar-refractivity contribution in [2.45, 2.75) is 95.9 Å². The number of ether oxygens (including phenoxy) is 2. The maximum atomic E-state index is 14.1. The van der Waals surface area contributed by atoms with Crippen LogP contribution in [0.1, 0.15) is 64.0 Å². The molecule has 14 nitrogen and oxygen atoms in total. The fourth-order valence-corrected chi connectivity index (χ4v) is 6.60. The van der Waals surface area contributed by atoms with E-state index in [4.69, 9.17) is 9.47 Å². The van der Waals surface area contributed by atoms with E-state index in [0.29, 0.717) is 42.0 Å². The van der Waals surface area contributed by atoms with E-state index in [1.165, 1.54) is 4.90 Å². The van der Waals surface area contributed by atoms with Crippen LogP contribution in [0.15, 0.2) is 48.5 Å². The van der Waals surface area contributed by atoms with Gasteiger partial charge in [0.25, 0.3) is 0 Å². The summed E-state index contributed by atoms with van der Waals surface area (Å²) in [5.41, 5.74) is 1.42. The molecule has 2 bridgehead atoms. The van der Waals surface area contributed by atoms with Crippen LogP contribution in [-0.2, 0) is 41.6 Å². The Morgan fingerprint density at radius 2 is 1.62 bits per heavy atom. The summed E-state index contributed by atoms with van der Waals surface area (Å²) in [5.74, 6) is -0.979. The lowest BCUT2D eigenvalue weighted by Gasteiger charge is -2.29. The van der Waals surface area contributed by atoms with Gasteiger partial charge in [-0.15, -0.1) is 0 Å². The Labute approximate surface area is 310 Å². The van der Waals surface area contributed by atoms with Gasteiger partial charge in [-0.3, -0.25) is 28.8 Å².